The van der Waals surface area contributed by atoms with Gasteiger partial charge in [-0.05, 0) is 0 Å². The van der Waals surface area contributed by atoms with E-state index < -0.39 is 5.97 Å². The molecular formula is C5H9NO2S. The van der Waals surface area contributed by atoms with Crippen molar-refractivity contribution in [2.24, 2.45) is 11.7 Å². The van der Waals surface area contributed by atoms with Gasteiger partial charge in [0.15, 0.2) is 0 Å². The summed E-state index contributed by atoms with van der Waals surface area (Å²) in [6.45, 7) is 0. The van der Waals surface area contributed by atoms with Gasteiger partial charge in [0.05, 0.1) is 5.92 Å². The van der Waals surface area contributed by atoms with Crippen molar-refractivity contribution >= 4 is 17.7 Å². The highest BCUT2D eigenvalue weighted by molar-refractivity contribution is 7.99. The molecule has 0 saturated carbocycles. The van der Waals surface area contributed by atoms with Crippen LogP contribution < -0.4 is 5.73 Å². The van der Waals surface area contributed by atoms with Crippen molar-refractivity contribution < 1.29 is 9.90 Å². The van der Waals surface area contributed by atoms with Crippen molar-refractivity contribution in [1.82, 2.24) is 0 Å². The molecule has 3 N–H and O–H groups in total. The Morgan fingerprint density at radius 3 is 2.56 bits per heavy atom. The van der Waals surface area contributed by atoms with Gasteiger partial charge in [0.25, 0.3) is 0 Å². The Kier molecular flexibility index (Phi) is 1.97. The number of rotatable bonds is 1. The molecule has 1 fully saturated rings. The van der Waals surface area contributed by atoms with Gasteiger partial charge in [-0.2, -0.15) is 11.8 Å². The zero-order chi connectivity index (χ0) is 6.85. The Balaban J connectivity index is 2.49. The van der Waals surface area contributed by atoms with E-state index in [1.165, 1.54) is 0 Å². The van der Waals surface area contributed by atoms with Gasteiger partial charge in [0.1, 0.15) is 0 Å². The Bertz CT molecular complexity index is 128. The minimum absolute atomic E-state index is 0.132. The second-order valence-electron chi connectivity index (χ2n) is 2.15. The summed E-state index contributed by atoms with van der Waals surface area (Å²) in [6, 6.07) is -0.132. The maximum Gasteiger partial charge on any atom is 0.308 e. The first kappa shape index (κ1) is 6.89. The van der Waals surface area contributed by atoms with Crippen LogP contribution in [-0.2, 0) is 4.79 Å². The molecule has 0 aromatic rings. The number of hydrogen-bond acceptors (Lipinski definition) is 3. The summed E-state index contributed by atoms with van der Waals surface area (Å²) in [5, 5.41) is 8.49. The second-order valence-corrected chi connectivity index (χ2v) is 3.22. The van der Waals surface area contributed by atoms with Crippen LogP contribution in [0.2, 0.25) is 0 Å². The van der Waals surface area contributed by atoms with Crippen LogP contribution in [0, 0.1) is 5.92 Å². The van der Waals surface area contributed by atoms with E-state index in [9.17, 15) is 4.79 Å². The van der Waals surface area contributed by atoms with E-state index in [1.54, 1.807) is 11.8 Å². The average molecular weight is 147 g/mol. The monoisotopic (exact) mass is 147 g/mol. The van der Waals surface area contributed by atoms with Crippen LogP contribution in [0.25, 0.3) is 0 Å². The number of carbonyl (C=O) groups is 1. The Hall–Kier alpha value is -0.220. The maximum atomic E-state index is 10.3. The molecule has 1 aliphatic rings. The molecule has 0 spiro atoms. The zero-order valence-electron chi connectivity index (χ0n) is 4.91. The van der Waals surface area contributed by atoms with Gasteiger partial charge in [-0.1, -0.05) is 0 Å². The summed E-state index contributed by atoms with van der Waals surface area (Å²) in [6.07, 6.45) is 0. The van der Waals surface area contributed by atoms with Crippen LogP contribution >= 0.6 is 11.8 Å². The topological polar surface area (TPSA) is 63.3 Å². The quantitative estimate of drug-likeness (QED) is 0.537. The first-order chi connectivity index (χ1) is 4.22. The van der Waals surface area contributed by atoms with Crippen molar-refractivity contribution in [2.75, 3.05) is 11.5 Å². The lowest BCUT2D eigenvalue weighted by Gasteiger charge is -2.06. The van der Waals surface area contributed by atoms with Crippen molar-refractivity contribution in [3.8, 4) is 0 Å². The molecular weight excluding hydrogens is 138 g/mol. The van der Waals surface area contributed by atoms with E-state index in [4.69, 9.17) is 10.8 Å². The van der Waals surface area contributed by atoms with E-state index in [2.05, 4.69) is 0 Å². The third-order valence-corrected chi connectivity index (χ3v) is 2.66. The van der Waals surface area contributed by atoms with Gasteiger partial charge in [-0.15, -0.1) is 0 Å². The number of carboxylic acid groups (broad SMARTS) is 1. The standard InChI is InChI=1S/C5H9NO2S/c6-4-2-9-1-3(4)5(7)8/h3-4H,1-2,6H2,(H,7,8)/t3-,4+/m0/s1. The summed E-state index contributed by atoms with van der Waals surface area (Å²) in [5.41, 5.74) is 5.48. The summed E-state index contributed by atoms with van der Waals surface area (Å²) >= 11 is 1.61. The van der Waals surface area contributed by atoms with Crippen molar-refractivity contribution in [3.05, 3.63) is 0 Å². The Labute approximate surface area is 57.6 Å². The summed E-state index contributed by atoms with van der Waals surface area (Å²) in [5.74, 6) is 0.399. The molecule has 1 saturated heterocycles. The summed E-state index contributed by atoms with van der Waals surface area (Å²) < 4.78 is 0. The third kappa shape index (κ3) is 1.37. The van der Waals surface area contributed by atoms with E-state index in [1.807, 2.05) is 0 Å². The van der Waals surface area contributed by atoms with Crippen LogP contribution in [0.15, 0.2) is 0 Å². The molecule has 1 rings (SSSR count). The molecule has 0 unspecified atom stereocenters. The number of nitrogens with two attached hydrogens (primary N) is 1. The first-order valence-corrected chi connectivity index (χ1v) is 3.93. The molecule has 52 valence electrons. The third-order valence-electron chi connectivity index (χ3n) is 1.44. The normalized spacial score (nSPS) is 34.8. The van der Waals surface area contributed by atoms with Crippen LogP contribution in [-0.4, -0.2) is 28.6 Å². The predicted octanol–water partition coefficient (Wildman–Crippen LogP) is -0.239. The highest BCUT2D eigenvalue weighted by Crippen LogP contribution is 2.22. The molecule has 0 aromatic carbocycles. The Morgan fingerprint density at radius 1 is 1.67 bits per heavy atom. The first-order valence-electron chi connectivity index (χ1n) is 2.78. The predicted molar refractivity (Wildman–Crippen MR) is 36.4 cm³/mol. The minimum atomic E-state index is -0.757. The minimum Gasteiger partial charge on any atom is -0.481 e. The van der Waals surface area contributed by atoms with E-state index in [0.29, 0.717) is 5.75 Å². The van der Waals surface area contributed by atoms with Gasteiger partial charge in [-0.25, -0.2) is 0 Å². The van der Waals surface area contributed by atoms with E-state index >= 15 is 0 Å². The van der Waals surface area contributed by atoms with E-state index in [0.717, 1.165) is 5.75 Å². The van der Waals surface area contributed by atoms with Crippen LogP contribution in [0.4, 0.5) is 0 Å². The molecule has 2 atom stereocenters. The highest BCUT2D eigenvalue weighted by atomic mass is 32.2. The molecule has 0 amide bonds. The van der Waals surface area contributed by atoms with Gasteiger partial charge >= 0.3 is 5.97 Å². The molecule has 9 heavy (non-hydrogen) atoms. The van der Waals surface area contributed by atoms with Crippen molar-refractivity contribution in [3.63, 3.8) is 0 Å². The fraction of sp³-hybridized carbons (Fsp3) is 0.800. The highest BCUT2D eigenvalue weighted by Gasteiger charge is 2.30. The lowest BCUT2D eigenvalue weighted by molar-refractivity contribution is -0.141. The second kappa shape index (κ2) is 2.58. The molecule has 0 aromatic heterocycles. The van der Waals surface area contributed by atoms with Gasteiger partial charge in [0, 0.05) is 17.5 Å². The summed E-state index contributed by atoms with van der Waals surface area (Å²) in [7, 11) is 0. The maximum absolute atomic E-state index is 10.3. The molecule has 0 radical (unpaired) electrons. The van der Waals surface area contributed by atoms with Gasteiger partial charge in [0.2, 0.25) is 0 Å². The number of hydrogen-bond donors (Lipinski definition) is 2. The van der Waals surface area contributed by atoms with Crippen LogP contribution in [0.5, 0.6) is 0 Å². The van der Waals surface area contributed by atoms with E-state index in [-0.39, 0.29) is 12.0 Å². The number of aliphatic carboxylic acids is 1. The SMILES string of the molecule is N[C@@H]1CSC[C@@H]1C(=O)O. The molecule has 0 bridgehead atoms. The molecule has 1 heterocycles. The fourth-order valence-corrected chi connectivity index (χ4v) is 2.11. The molecule has 4 heteroatoms. The zero-order valence-corrected chi connectivity index (χ0v) is 5.73. The fourth-order valence-electron chi connectivity index (χ4n) is 0.825. The lowest BCUT2D eigenvalue weighted by atomic mass is 10.1. The molecule has 3 nitrogen and oxygen atoms in total. The largest absolute Gasteiger partial charge is 0.481 e. The van der Waals surface area contributed by atoms with Crippen LogP contribution in [0.1, 0.15) is 0 Å². The Morgan fingerprint density at radius 2 is 2.33 bits per heavy atom. The number of thioether (sulfide) groups is 1. The van der Waals surface area contributed by atoms with Gasteiger partial charge in [-0.3, -0.25) is 4.79 Å². The average Bonchev–Trinajstić information content (AvgIpc) is 2.13. The van der Waals surface area contributed by atoms with Crippen molar-refractivity contribution in [2.45, 2.75) is 6.04 Å². The summed E-state index contributed by atoms with van der Waals surface area (Å²) in [4.78, 5) is 10.3. The van der Waals surface area contributed by atoms with Crippen LogP contribution in [0.3, 0.4) is 0 Å². The smallest absolute Gasteiger partial charge is 0.308 e. The van der Waals surface area contributed by atoms with Crippen molar-refractivity contribution in [1.29, 1.82) is 0 Å². The van der Waals surface area contributed by atoms with Gasteiger partial charge < -0.3 is 10.8 Å². The molecule has 0 aliphatic carbocycles. The molecule has 1 aliphatic heterocycles. The lowest BCUT2D eigenvalue weighted by Crippen LogP contribution is -2.33. The number of carboxylic acids is 1.